The lowest BCUT2D eigenvalue weighted by molar-refractivity contribution is -0.121. The van der Waals surface area contributed by atoms with Crippen LogP contribution in [0.4, 0.5) is 5.69 Å². The van der Waals surface area contributed by atoms with E-state index in [-0.39, 0.29) is 18.2 Å². The van der Waals surface area contributed by atoms with Gasteiger partial charge in [-0.3, -0.25) is 9.59 Å². The van der Waals surface area contributed by atoms with Gasteiger partial charge in [-0.1, -0.05) is 0 Å². The Bertz CT molecular complexity index is 1160. The molecular formula is C23H23N3O5. The maximum atomic E-state index is 12.9. The van der Waals surface area contributed by atoms with Crippen LogP contribution in [0.25, 0.3) is 10.9 Å². The van der Waals surface area contributed by atoms with Gasteiger partial charge < -0.3 is 24.5 Å². The summed E-state index contributed by atoms with van der Waals surface area (Å²) in [6.45, 7) is 1.51. The molecule has 1 atom stereocenters. The van der Waals surface area contributed by atoms with Gasteiger partial charge in [-0.2, -0.15) is 0 Å². The number of anilines is 1. The fourth-order valence-corrected chi connectivity index (χ4v) is 4.11. The highest BCUT2D eigenvalue weighted by molar-refractivity contribution is 6.22. The van der Waals surface area contributed by atoms with Crippen molar-refractivity contribution in [2.45, 2.75) is 18.9 Å². The summed E-state index contributed by atoms with van der Waals surface area (Å²) in [6.07, 6.45) is 2.82. The molecule has 160 valence electrons. The zero-order chi connectivity index (χ0) is 21.4. The number of amides is 2. The van der Waals surface area contributed by atoms with Gasteiger partial charge in [-0.15, -0.1) is 0 Å². The Morgan fingerprint density at radius 3 is 2.81 bits per heavy atom. The lowest BCUT2D eigenvalue weighted by Gasteiger charge is -2.21. The van der Waals surface area contributed by atoms with Crippen molar-refractivity contribution in [1.82, 2.24) is 10.3 Å². The maximum absolute atomic E-state index is 12.9. The van der Waals surface area contributed by atoms with Crippen molar-refractivity contribution in [3.8, 4) is 17.2 Å². The van der Waals surface area contributed by atoms with Crippen LogP contribution in [-0.2, 0) is 16.0 Å². The van der Waals surface area contributed by atoms with Gasteiger partial charge >= 0.3 is 0 Å². The minimum Gasteiger partial charge on any atom is -0.497 e. The van der Waals surface area contributed by atoms with Gasteiger partial charge in [0, 0.05) is 29.7 Å². The third-order valence-corrected chi connectivity index (χ3v) is 5.69. The quantitative estimate of drug-likeness (QED) is 0.594. The van der Waals surface area contributed by atoms with E-state index in [1.54, 1.807) is 25.3 Å². The van der Waals surface area contributed by atoms with Gasteiger partial charge in [0.15, 0.2) is 11.5 Å². The number of methoxy groups -OCH3 is 1. The number of hydrogen-bond donors (Lipinski definition) is 2. The van der Waals surface area contributed by atoms with Crippen molar-refractivity contribution in [3.05, 3.63) is 48.2 Å². The van der Waals surface area contributed by atoms with Crippen LogP contribution in [0.5, 0.6) is 17.2 Å². The summed E-state index contributed by atoms with van der Waals surface area (Å²) in [5.41, 5.74) is 2.67. The fourth-order valence-electron chi connectivity index (χ4n) is 4.11. The van der Waals surface area contributed by atoms with Crippen molar-refractivity contribution >= 4 is 28.4 Å². The first-order chi connectivity index (χ1) is 15.1. The Morgan fingerprint density at radius 2 is 1.97 bits per heavy atom. The van der Waals surface area contributed by atoms with Crippen LogP contribution in [0.2, 0.25) is 0 Å². The molecular weight excluding hydrogens is 398 g/mol. The van der Waals surface area contributed by atoms with Crippen LogP contribution >= 0.6 is 0 Å². The molecule has 0 aliphatic carbocycles. The van der Waals surface area contributed by atoms with E-state index in [0.29, 0.717) is 36.9 Å². The van der Waals surface area contributed by atoms with E-state index < -0.39 is 6.04 Å². The van der Waals surface area contributed by atoms with Crippen molar-refractivity contribution in [2.75, 3.05) is 31.8 Å². The molecule has 0 saturated carbocycles. The minimum absolute atomic E-state index is 0.134. The highest BCUT2D eigenvalue weighted by Gasteiger charge is 2.39. The molecule has 8 heteroatoms. The summed E-state index contributed by atoms with van der Waals surface area (Å²) in [6, 6.07) is 10.5. The number of aromatic amines is 1. The third kappa shape index (κ3) is 3.59. The van der Waals surface area contributed by atoms with Gasteiger partial charge in [0.25, 0.3) is 5.91 Å². The van der Waals surface area contributed by atoms with Crippen molar-refractivity contribution in [2.24, 2.45) is 0 Å². The number of nitrogens with one attached hydrogen (secondary N) is 2. The molecule has 8 nitrogen and oxygen atoms in total. The molecule has 1 aromatic heterocycles. The number of rotatable bonds is 6. The smallest absolute Gasteiger partial charge is 0.251 e. The van der Waals surface area contributed by atoms with Crippen LogP contribution in [0.3, 0.4) is 0 Å². The first kappa shape index (κ1) is 19.4. The maximum Gasteiger partial charge on any atom is 0.251 e. The third-order valence-electron chi connectivity index (χ3n) is 5.69. The average molecular weight is 421 g/mol. The standard InChI is InChI=1S/C23H23N3O5/c1-29-16-3-4-18-17(11-16)14(13-25-18)6-7-24-19-12-22(27)26(23(19)28)15-2-5-20-21(10-15)31-9-8-30-20/h2-5,10-11,13,19,24-25H,6-9,12H2,1H3/t19-/m0/s1. The molecule has 2 aliphatic rings. The molecule has 1 saturated heterocycles. The summed E-state index contributed by atoms with van der Waals surface area (Å²) in [5, 5.41) is 4.33. The normalized spacial score (nSPS) is 18.1. The number of H-pyrrole nitrogens is 1. The number of ether oxygens (including phenoxy) is 3. The van der Waals surface area contributed by atoms with Crippen LogP contribution < -0.4 is 24.4 Å². The summed E-state index contributed by atoms with van der Waals surface area (Å²) >= 11 is 0. The Labute approximate surface area is 179 Å². The molecule has 3 heterocycles. The van der Waals surface area contributed by atoms with Crippen molar-refractivity contribution < 1.29 is 23.8 Å². The molecule has 2 N–H and O–H groups in total. The van der Waals surface area contributed by atoms with Crippen molar-refractivity contribution in [3.63, 3.8) is 0 Å². The first-order valence-electron chi connectivity index (χ1n) is 10.3. The van der Waals surface area contributed by atoms with E-state index in [2.05, 4.69) is 10.3 Å². The van der Waals surface area contributed by atoms with Gasteiger partial charge in [-0.25, -0.2) is 4.90 Å². The monoisotopic (exact) mass is 421 g/mol. The van der Waals surface area contributed by atoms with E-state index in [0.717, 1.165) is 28.6 Å². The lowest BCUT2D eigenvalue weighted by Crippen LogP contribution is -2.39. The van der Waals surface area contributed by atoms with E-state index >= 15 is 0 Å². The molecule has 2 amide bonds. The number of aromatic nitrogens is 1. The molecule has 0 bridgehead atoms. The number of carbonyl (C=O) groups is 2. The zero-order valence-electron chi connectivity index (χ0n) is 17.1. The fraction of sp³-hybridized carbons (Fsp3) is 0.304. The molecule has 2 aromatic carbocycles. The van der Waals surface area contributed by atoms with Crippen LogP contribution in [0.15, 0.2) is 42.6 Å². The molecule has 0 unspecified atom stereocenters. The molecule has 0 radical (unpaired) electrons. The van der Waals surface area contributed by atoms with Gasteiger partial charge in [-0.05, 0) is 42.3 Å². The largest absolute Gasteiger partial charge is 0.497 e. The molecule has 0 spiro atoms. The van der Waals surface area contributed by atoms with E-state index in [1.807, 2.05) is 24.4 Å². The summed E-state index contributed by atoms with van der Waals surface area (Å²) < 4.78 is 16.4. The second-order valence-electron chi connectivity index (χ2n) is 7.58. The number of nitrogens with zero attached hydrogens (tertiary/aromatic N) is 1. The second-order valence-corrected chi connectivity index (χ2v) is 7.58. The summed E-state index contributed by atoms with van der Waals surface area (Å²) in [4.78, 5) is 30.0. The first-order valence-corrected chi connectivity index (χ1v) is 10.3. The van der Waals surface area contributed by atoms with Crippen molar-refractivity contribution in [1.29, 1.82) is 0 Å². The lowest BCUT2D eigenvalue weighted by atomic mass is 10.1. The molecule has 31 heavy (non-hydrogen) atoms. The number of carbonyl (C=O) groups excluding carboxylic acids is 2. The summed E-state index contributed by atoms with van der Waals surface area (Å²) in [5.74, 6) is 1.50. The van der Waals surface area contributed by atoms with E-state index in [1.165, 1.54) is 4.90 Å². The van der Waals surface area contributed by atoms with Crippen LogP contribution in [-0.4, -0.2) is 49.7 Å². The van der Waals surface area contributed by atoms with Crippen LogP contribution in [0.1, 0.15) is 12.0 Å². The topological polar surface area (TPSA) is 92.9 Å². The van der Waals surface area contributed by atoms with E-state index in [4.69, 9.17) is 14.2 Å². The number of fused-ring (bicyclic) bond motifs is 2. The predicted molar refractivity (Wildman–Crippen MR) is 115 cm³/mol. The molecule has 5 rings (SSSR count). The highest BCUT2D eigenvalue weighted by atomic mass is 16.6. The van der Waals surface area contributed by atoms with Gasteiger partial charge in [0.1, 0.15) is 19.0 Å². The Morgan fingerprint density at radius 1 is 1.13 bits per heavy atom. The van der Waals surface area contributed by atoms with Crippen LogP contribution in [0, 0.1) is 0 Å². The SMILES string of the molecule is COc1ccc2[nH]cc(CCN[C@H]3CC(=O)N(c4ccc5c(c4)OCCO5)C3=O)c2c1. The Balaban J connectivity index is 1.25. The van der Waals surface area contributed by atoms with E-state index in [9.17, 15) is 9.59 Å². The molecule has 1 fully saturated rings. The second kappa shape index (κ2) is 7.96. The zero-order valence-corrected chi connectivity index (χ0v) is 17.1. The minimum atomic E-state index is -0.541. The highest BCUT2D eigenvalue weighted by Crippen LogP contribution is 2.35. The number of imide groups is 1. The van der Waals surface area contributed by atoms with Gasteiger partial charge in [0.2, 0.25) is 5.91 Å². The summed E-state index contributed by atoms with van der Waals surface area (Å²) in [7, 11) is 1.64. The molecule has 2 aliphatic heterocycles. The Kier molecular flexibility index (Phi) is 4.99. The predicted octanol–water partition coefficient (Wildman–Crippen LogP) is 2.41. The Hall–Kier alpha value is -3.52. The molecule has 3 aromatic rings. The average Bonchev–Trinajstić information content (AvgIpc) is 3.33. The van der Waals surface area contributed by atoms with Gasteiger partial charge in [0.05, 0.1) is 25.3 Å². The number of hydrogen-bond acceptors (Lipinski definition) is 6. The number of benzene rings is 2.